The third-order valence-corrected chi connectivity index (χ3v) is 3.61. The first-order valence-corrected chi connectivity index (χ1v) is 7.52. The maximum atomic E-state index is 10.9. The van der Waals surface area contributed by atoms with Gasteiger partial charge in [0.2, 0.25) is 0 Å². The lowest BCUT2D eigenvalue weighted by molar-refractivity contribution is -0.138. The van der Waals surface area contributed by atoms with Crippen molar-refractivity contribution in [2.75, 3.05) is 11.1 Å². The predicted octanol–water partition coefficient (Wildman–Crippen LogP) is 1.01. The number of hydrogen-bond donors (Lipinski definition) is 4. The number of nitrogens with one attached hydrogen (secondary N) is 1. The largest absolute Gasteiger partial charge is 0.480 e. The second-order valence-electron chi connectivity index (χ2n) is 5.48. The highest BCUT2D eigenvalue weighted by molar-refractivity contribution is 5.80. The van der Waals surface area contributed by atoms with Crippen LogP contribution in [0.3, 0.4) is 0 Å². The summed E-state index contributed by atoms with van der Waals surface area (Å²) in [6.45, 7) is 2.17. The van der Waals surface area contributed by atoms with Crippen LogP contribution in [0.4, 0.5) is 11.5 Å². The first kappa shape index (κ1) is 16.5. The number of carboxylic acid groups (broad SMARTS) is 1. The molecule has 128 valence electrons. The van der Waals surface area contributed by atoms with E-state index in [1.807, 2.05) is 0 Å². The van der Waals surface area contributed by atoms with Gasteiger partial charge in [0.05, 0.1) is 18.4 Å². The Morgan fingerprint density at radius 1 is 1.24 bits per heavy atom. The normalized spacial score (nSPS) is 12.1. The SMILES string of the molecule is Cc1nc(N)c2ncc(CNc3ccc(C(N)C(=O)O)cc3)nc2n1. The van der Waals surface area contributed by atoms with Crippen molar-refractivity contribution in [3.05, 3.63) is 47.5 Å². The van der Waals surface area contributed by atoms with Crippen LogP contribution in [0, 0.1) is 6.92 Å². The van der Waals surface area contributed by atoms with Gasteiger partial charge in [-0.2, -0.15) is 0 Å². The quantitative estimate of drug-likeness (QED) is 0.533. The summed E-state index contributed by atoms with van der Waals surface area (Å²) >= 11 is 0. The molecule has 9 heteroatoms. The molecule has 0 radical (unpaired) electrons. The number of anilines is 2. The number of carboxylic acids is 1. The lowest BCUT2D eigenvalue weighted by atomic mass is 10.1. The molecule has 6 N–H and O–H groups in total. The fourth-order valence-electron chi connectivity index (χ4n) is 2.31. The van der Waals surface area contributed by atoms with Crippen LogP contribution >= 0.6 is 0 Å². The number of nitrogens with two attached hydrogens (primary N) is 2. The highest BCUT2D eigenvalue weighted by atomic mass is 16.4. The van der Waals surface area contributed by atoms with Crippen LogP contribution < -0.4 is 16.8 Å². The standard InChI is InChI=1S/C16H17N7O2/c1-8-21-14(18)13-15(22-8)23-11(7-20-13)6-19-10-4-2-9(3-5-10)12(17)16(24)25/h2-5,7,12,19H,6,17H2,1H3,(H,24,25)(H2,18,21,22,23). The van der Waals surface area contributed by atoms with Crippen molar-refractivity contribution in [3.8, 4) is 0 Å². The Morgan fingerprint density at radius 2 is 1.96 bits per heavy atom. The molecule has 0 saturated heterocycles. The van der Waals surface area contributed by atoms with Gasteiger partial charge in [0.1, 0.15) is 17.4 Å². The van der Waals surface area contributed by atoms with Gasteiger partial charge in [-0.05, 0) is 24.6 Å². The van der Waals surface area contributed by atoms with E-state index in [1.54, 1.807) is 37.4 Å². The van der Waals surface area contributed by atoms with E-state index in [-0.39, 0.29) is 0 Å². The summed E-state index contributed by atoms with van der Waals surface area (Å²) in [5, 5.41) is 12.1. The van der Waals surface area contributed by atoms with Crippen LogP contribution in [-0.2, 0) is 11.3 Å². The number of benzene rings is 1. The van der Waals surface area contributed by atoms with Crippen molar-refractivity contribution in [1.29, 1.82) is 0 Å². The van der Waals surface area contributed by atoms with Crippen molar-refractivity contribution < 1.29 is 9.90 Å². The van der Waals surface area contributed by atoms with Crippen LogP contribution in [0.5, 0.6) is 0 Å². The number of hydrogen-bond acceptors (Lipinski definition) is 8. The van der Waals surface area contributed by atoms with Gasteiger partial charge in [0, 0.05) is 5.69 Å². The molecule has 9 nitrogen and oxygen atoms in total. The Labute approximate surface area is 143 Å². The molecule has 0 aliphatic carbocycles. The first-order chi connectivity index (χ1) is 11.9. The Hall–Kier alpha value is -3.33. The summed E-state index contributed by atoms with van der Waals surface area (Å²) in [5.41, 5.74) is 14.3. The highest BCUT2D eigenvalue weighted by Crippen LogP contribution is 2.17. The van der Waals surface area contributed by atoms with E-state index >= 15 is 0 Å². The molecule has 0 aliphatic rings. The number of fused-ring (bicyclic) bond motifs is 1. The molecule has 0 fully saturated rings. The van der Waals surface area contributed by atoms with Gasteiger partial charge in [-0.15, -0.1) is 0 Å². The summed E-state index contributed by atoms with van der Waals surface area (Å²) in [6.07, 6.45) is 1.61. The summed E-state index contributed by atoms with van der Waals surface area (Å²) < 4.78 is 0. The molecule has 2 aromatic heterocycles. The third-order valence-electron chi connectivity index (χ3n) is 3.61. The van der Waals surface area contributed by atoms with E-state index < -0.39 is 12.0 Å². The molecule has 3 rings (SSSR count). The molecule has 0 amide bonds. The fraction of sp³-hybridized carbons (Fsp3) is 0.188. The van der Waals surface area contributed by atoms with Crippen molar-refractivity contribution in [2.24, 2.45) is 5.73 Å². The molecule has 1 unspecified atom stereocenters. The molecular weight excluding hydrogens is 322 g/mol. The highest BCUT2D eigenvalue weighted by Gasteiger charge is 2.13. The van der Waals surface area contributed by atoms with Crippen molar-refractivity contribution in [2.45, 2.75) is 19.5 Å². The minimum atomic E-state index is -1.07. The first-order valence-electron chi connectivity index (χ1n) is 7.52. The number of carbonyl (C=O) groups is 1. The van der Waals surface area contributed by atoms with Crippen molar-refractivity contribution >= 4 is 28.6 Å². The molecule has 25 heavy (non-hydrogen) atoms. The monoisotopic (exact) mass is 339 g/mol. The Morgan fingerprint density at radius 3 is 2.64 bits per heavy atom. The van der Waals surface area contributed by atoms with Gasteiger partial charge < -0.3 is 21.9 Å². The smallest absolute Gasteiger partial charge is 0.325 e. The topological polar surface area (TPSA) is 153 Å². The van der Waals surface area contributed by atoms with E-state index in [9.17, 15) is 4.79 Å². The number of aromatic nitrogens is 4. The zero-order chi connectivity index (χ0) is 18.0. The number of nitrogens with zero attached hydrogens (tertiary/aromatic N) is 4. The maximum absolute atomic E-state index is 10.9. The average Bonchev–Trinajstić information content (AvgIpc) is 2.59. The zero-order valence-corrected chi connectivity index (χ0v) is 13.5. The summed E-state index contributed by atoms with van der Waals surface area (Å²) in [4.78, 5) is 27.9. The van der Waals surface area contributed by atoms with E-state index in [4.69, 9.17) is 16.6 Å². The minimum absolute atomic E-state index is 0.305. The van der Waals surface area contributed by atoms with E-state index in [2.05, 4.69) is 25.3 Å². The van der Waals surface area contributed by atoms with E-state index in [0.717, 1.165) is 5.69 Å². The van der Waals surface area contributed by atoms with Gasteiger partial charge in [0.25, 0.3) is 0 Å². The summed E-state index contributed by atoms with van der Waals surface area (Å²) in [6, 6.07) is 5.83. The Kier molecular flexibility index (Phi) is 4.40. The lowest BCUT2D eigenvalue weighted by Crippen LogP contribution is -2.20. The van der Waals surface area contributed by atoms with Gasteiger partial charge in [-0.25, -0.2) is 19.9 Å². The number of aryl methyl sites for hydroxylation is 1. The molecule has 0 spiro atoms. The summed E-state index contributed by atoms with van der Waals surface area (Å²) in [7, 11) is 0. The average molecular weight is 339 g/mol. The van der Waals surface area contributed by atoms with Crippen LogP contribution in [0.1, 0.15) is 23.1 Å². The van der Waals surface area contributed by atoms with Crippen molar-refractivity contribution in [3.63, 3.8) is 0 Å². The second kappa shape index (κ2) is 6.65. The van der Waals surface area contributed by atoms with Gasteiger partial charge in [0.15, 0.2) is 11.5 Å². The van der Waals surface area contributed by atoms with Crippen LogP contribution in [0.2, 0.25) is 0 Å². The number of nitrogen functional groups attached to an aromatic ring is 1. The number of aliphatic carboxylic acids is 1. The molecule has 1 atom stereocenters. The van der Waals surface area contributed by atoms with Gasteiger partial charge in [-0.3, -0.25) is 4.79 Å². The second-order valence-corrected chi connectivity index (χ2v) is 5.48. The molecular formula is C16H17N7O2. The van der Waals surface area contributed by atoms with E-state index in [0.29, 0.717) is 40.6 Å². The molecule has 0 bridgehead atoms. The molecule has 0 aliphatic heterocycles. The molecule has 0 saturated carbocycles. The molecule has 2 heterocycles. The predicted molar refractivity (Wildman–Crippen MR) is 92.6 cm³/mol. The lowest BCUT2D eigenvalue weighted by Gasteiger charge is -2.10. The number of rotatable bonds is 5. The Bertz CT molecular complexity index is 928. The summed E-state index contributed by atoms with van der Waals surface area (Å²) in [5.74, 6) is -0.224. The van der Waals surface area contributed by atoms with Gasteiger partial charge >= 0.3 is 5.97 Å². The van der Waals surface area contributed by atoms with Crippen LogP contribution in [0.15, 0.2) is 30.5 Å². The third kappa shape index (κ3) is 3.61. The Balaban J connectivity index is 1.73. The van der Waals surface area contributed by atoms with E-state index in [1.165, 1.54) is 0 Å². The molecule has 1 aromatic carbocycles. The van der Waals surface area contributed by atoms with Crippen LogP contribution in [-0.4, -0.2) is 31.0 Å². The minimum Gasteiger partial charge on any atom is -0.480 e. The molecule has 3 aromatic rings. The van der Waals surface area contributed by atoms with Crippen molar-refractivity contribution in [1.82, 2.24) is 19.9 Å². The van der Waals surface area contributed by atoms with Gasteiger partial charge in [-0.1, -0.05) is 12.1 Å². The fourth-order valence-corrected chi connectivity index (χ4v) is 2.31. The van der Waals surface area contributed by atoms with Crippen LogP contribution in [0.25, 0.3) is 11.2 Å². The zero-order valence-electron chi connectivity index (χ0n) is 13.5. The maximum Gasteiger partial charge on any atom is 0.325 e.